The number of fused-ring (bicyclic) bond motifs is 1. The quantitative estimate of drug-likeness (QED) is 0.824. The van der Waals surface area contributed by atoms with Crippen LogP contribution in [0, 0.1) is 0 Å². The highest BCUT2D eigenvalue weighted by Crippen LogP contribution is 2.33. The van der Waals surface area contributed by atoms with Crippen LogP contribution in [0.25, 0.3) is 0 Å². The number of hydrogen-bond acceptors (Lipinski definition) is 4. The van der Waals surface area contributed by atoms with Crippen molar-refractivity contribution in [2.75, 3.05) is 17.1 Å². The van der Waals surface area contributed by atoms with Crippen LogP contribution in [0.15, 0.2) is 24.3 Å². The first-order valence-electron chi connectivity index (χ1n) is 5.42. The van der Waals surface area contributed by atoms with Crippen molar-refractivity contribution in [2.45, 2.75) is 12.5 Å². The molecule has 1 unspecified atom stereocenters. The Balaban J connectivity index is 2.48. The first-order valence-corrected chi connectivity index (χ1v) is 7.27. The van der Waals surface area contributed by atoms with E-state index in [2.05, 4.69) is 0 Å². The number of carbonyl (C=O) groups is 1. The summed E-state index contributed by atoms with van der Waals surface area (Å²) in [5.41, 5.74) is 5.65. The van der Waals surface area contributed by atoms with Crippen LogP contribution in [0.4, 0.5) is 5.69 Å². The van der Waals surface area contributed by atoms with Crippen molar-refractivity contribution in [3.8, 4) is 5.75 Å². The first-order chi connectivity index (χ1) is 8.39. The predicted octanol–water partition coefficient (Wildman–Crippen LogP) is 0.0890. The van der Waals surface area contributed by atoms with E-state index in [9.17, 15) is 13.2 Å². The Kier molecular flexibility index (Phi) is 3.16. The number of nitrogens with zero attached hydrogens (tertiary/aromatic N) is 1. The van der Waals surface area contributed by atoms with E-state index in [1.165, 1.54) is 4.31 Å². The summed E-state index contributed by atoms with van der Waals surface area (Å²) in [6.45, 7) is 0.170. The molecule has 1 aromatic carbocycles. The summed E-state index contributed by atoms with van der Waals surface area (Å²) >= 11 is 0. The molecule has 1 heterocycles. The van der Waals surface area contributed by atoms with Crippen LogP contribution in [0.2, 0.25) is 0 Å². The molecular weight excluding hydrogens is 256 g/mol. The van der Waals surface area contributed by atoms with Gasteiger partial charge in [0.15, 0.2) is 6.10 Å². The molecule has 0 saturated heterocycles. The van der Waals surface area contributed by atoms with Crippen LogP contribution >= 0.6 is 0 Å². The summed E-state index contributed by atoms with van der Waals surface area (Å²) in [5, 5.41) is 0. The number of nitrogens with two attached hydrogens (primary N) is 1. The number of primary amides is 1. The van der Waals surface area contributed by atoms with Crippen LogP contribution in [0.5, 0.6) is 5.75 Å². The van der Waals surface area contributed by atoms with Crippen molar-refractivity contribution in [1.29, 1.82) is 0 Å². The van der Waals surface area contributed by atoms with Crippen molar-refractivity contribution in [3.05, 3.63) is 24.3 Å². The summed E-state index contributed by atoms with van der Waals surface area (Å²) in [7, 11) is -3.41. The second-order valence-corrected chi connectivity index (χ2v) is 6.01. The lowest BCUT2D eigenvalue weighted by Crippen LogP contribution is -2.36. The molecule has 0 aromatic heterocycles. The smallest absolute Gasteiger partial charge is 0.258 e. The van der Waals surface area contributed by atoms with Crippen molar-refractivity contribution >= 4 is 21.6 Å². The average molecular weight is 270 g/mol. The third-order valence-electron chi connectivity index (χ3n) is 2.72. The summed E-state index contributed by atoms with van der Waals surface area (Å²) in [5.74, 6) is -0.246. The first kappa shape index (κ1) is 12.7. The molecule has 98 valence electrons. The summed E-state index contributed by atoms with van der Waals surface area (Å²) in [4.78, 5) is 11.2. The number of sulfonamides is 1. The lowest BCUT2D eigenvalue weighted by molar-refractivity contribution is -0.124. The van der Waals surface area contributed by atoms with Gasteiger partial charge in [0.2, 0.25) is 10.0 Å². The fourth-order valence-electron chi connectivity index (χ4n) is 1.87. The average Bonchev–Trinajstić information content (AvgIpc) is 2.47. The van der Waals surface area contributed by atoms with Gasteiger partial charge in [-0.25, -0.2) is 8.42 Å². The number of anilines is 1. The van der Waals surface area contributed by atoms with Crippen LogP contribution < -0.4 is 14.8 Å². The number of para-hydroxylation sites is 2. The zero-order valence-corrected chi connectivity index (χ0v) is 10.7. The molecular formula is C11H14N2O4S. The summed E-state index contributed by atoms with van der Waals surface area (Å²) in [6, 6.07) is 6.68. The normalized spacial score (nSPS) is 19.6. The molecule has 0 fully saturated rings. The molecule has 0 spiro atoms. The highest BCUT2D eigenvalue weighted by Gasteiger charge is 2.29. The van der Waals surface area contributed by atoms with E-state index in [1.807, 2.05) is 0 Å². The Morgan fingerprint density at radius 2 is 2.11 bits per heavy atom. The van der Waals surface area contributed by atoms with E-state index >= 15 is 0 Å². The number of carbonyl (C=O) groups excluding carboxylic acids is 1. The number of rotatable bonds is 2. The summed E-state index contributed by atoms with van der Waals surface area (Å²) < 4.78 is 30.2. The highest BCUT2D eigenvalue weighted by atomic mass is 32.2. The fourth-order valence-corrected chi connectivity index (χ4v) is 2.82. The molecule has 18 heavy (non-hydrogen) atoms. The minimum Gasteiger partial charge on any atom is -0.478 e. The zero-order valence-electron chi connectivity index (χ0n) is 9.87. The van der Waals surface area contributed by atoms with Crippen molar-refractivity contribution in [3.63, 3.8) is 0 Å². The number of amides is 1. The van der Waals surface area contributed by atoms with Crippen molar-refractivity contribution in [2.24, 2.45) is 5.73 Å². The van der Waals surface area contributed by atoms with Crippen LogP contribution in [-0.2, 0) is 14.8 Å². The van der Waals surface area contributed by atoms with Crippen LogP contribution in [0.1, 0.15) is 6.42 Å². The van der Waals surface area contributed by atoms with Gasteiger partial charge in [-0.1, -0.05) is 12.1 Å². The minimum absolute atomic E-state index is 0.170. The number of benzene rings is 1. The predicted molar refractivity (Wildman–Crippen MR) is 66.9 cm³/mol. The maximum absolute atomic E-state index is 11.7. The monoisotopic (exact) mass is 270 g/mol. The van der Waals surface area contributed by atoms with Gasteiger partial charge in [0.25, 0.3) is 5.91 Å². The van der Waals surface area contributed by atoms with E-state index in [1.54, 1.807) is 24.3 Å². The molecule has 1 aliphatic heterocycles. The second-order valence-electron chi connectivity index (χ2n) is 4.10. The van der Waals surface area contributed by atoms with Crippen molar-refractivity contribution in [1.82, 2.24) is 0 Å². The van der Waals surface area contributed by atoms with E-state index < -0.39 is 22.0 Å². The Morgan fingerprint density at radius 1 is 1.44 bits per heavy atom. The van der Waals surface area contributed by atoms with Crippen LogP contribution in [0.3, 0.4) is 0 Å². The molecule has 0 saturated carbocycles. The third-order valence-corrected chi connectivity index (χ3v) is 3.90. The largest absolute Gasteiger partial charge is 0.478 e. The molecule has 0 aliphatic carbocycles. The Bertz CT molecular complexity index is 570. The molecule has 1 aromatic rings. The van der Waals surface area contributed by atoms with Gasteiger partial charge >= 0.3 is 0 Å². The standard InChI is InChI=1S/C11H14N2O4S/c1-18(15,16)13-7-6-10(11(12)14)17-9-5-3-2-4-8(9)13/h2-5,10H,6-7H2,1H3,(H2,12,14). The second kappa shape index (κ2) is 4.49. The molecule has 1 aliphatic rings. The molecule has 1 atom stereocenters. The SMILES string of the molecule is CS(=O)(=O)N1CCC(C(N)=O)Oc2ccccc21. The Labute approximate surface area is 105 Å². The molecule has 7 heteroatoms. The number of ether oxygens (including phenoxy) is 1. The molecule has 1 amide bonds. The number of hydrogen-bond donors (Lipinski definition) is 1. The molecule has 2 rings (SSSR count). The Hall–Kier alpha value is -1.76. The van der Waals surface area contributed by atoms with Gasteiger partial charge in [-0.05, 0) is 12.1 Å². The highest BCUT2D eigenvalue weighted by molar-refractivity contribution is 7.92. The third kappa shape index (κ3) is 2.40. The lowest BCUT2D eigenvalue weighted by atomic mass is 10.2. The van der Waals surface area contributed by atoms with E-state index in [0.29, 0.717) is 11.4 Å². The molecule has 2 N–H and O–H groups in total. The van der Waals surface area contributed by atoms with Gasteiger partial charge in [-0.15, -0.1) is 0 Å². The zero-order chi connectivity index (χ0) is 13.3. The van der Waals surface area contributed by atoms with E-state index in [0.717, 1.165) is 6.26 Å². The molecule has 0 bridgehead atoms. The molecule has 6 nitrogen and oxygen atoms in total. The molecule has 0 radical (unpaired) electrons. The van der Waals surface area contributed by atoms with Gasteiger partial charge in [0.1, 0.15) is 5.75 Å². The van der Waals surface area contributed by atoms with E-state index in [4.69, 9.17) is 10.5 Å². The van der Waals surface area contributed by atoms with Gasteiger partial charge < -0.3 is 10.5 Å². The Morgan fingerprint density at radius 3 is 2.72 bits per heavy atom. The summed E-state index contributed by atoms with van der Waals surface area (Å²) in [6.07, 6.45) is 0.545. The minimum atomic E-state index is -3.41. The maximum Gasteiger partial charge on any atom is 0.258 e. The van der Waals surface area contributed by atoms with Gasteiger partial charge in [-0.3, -0.25) is 9.10 Å². The topological polar surface area (TPSA) is 89.7 Å². The maximum atomic E-state index is 11.7. The fraction of sp³-hybridized carbons (Fsp3) is 0.364. The van der Waals surface area contributed by atoms with E-state index in [-0.39, 0.29) is 13.0 Å². The van der Waals surface area contributed by atoms with Crippen molar-refractivity contribution < 1.29 is 17.9 Å². The van der Waals surface area contributed by atoms with Gasteiger partial charge in [0.05, 0.1) is 11.9 Å². The van der Waals surface area contributed by atoms with Gasteiger partial charge in [-0.2, -0.15) is 0 Å². The van der Waals surface area contributed by atoms with Gasteiger partial charge in [0, 0.05) is 13.0 Å². The van der Waals surface area contributed by atoms with Crippen LogP contribution in [-0.4, -0.2) is 33.2 Å². The lowest BCUT2D eigenvalue weighted by Gasteiger charge is -2.20.